The van der Waals surface area contributed by atoms with E-state index in [1.165, 1.54) is 12.8 Å². The van der Waals surface area contributed by atoms with Crippen LogP contribution in [0.1, 0.15) is 46.5 Å². The summed E-state index contributed by atoms with van der Waals surface area (Å²) in [6.45, 7) is 5.85. The predicted molar refractivity (Wildman–Crippen MR) is 47.4 cm³/mol. The summed E-state index contributed by atoms with van der Waals surface area (Å²) in [7, 11) is 0. The normalized spacial score (nSPS) is 12.6. The Morgan fingerprint density at radius 1 is 1.45 bits per heavy atom. The number of hydrogen-bond acceptors (Lipinski definition) is 1. The SMILES string of the molecule is CCCCC(CC)NC(C)=O. The molecular weight excluding hydrogens is 138 g/mol. The minimum Gasteiger partial charge on any atom is -0.354 e. The van der Waals surface area contributed by atoms with Gasteiger partial charge in [-0.05, 0) is 12.8 Å². The molecular formula is C9H19NO. The summed E-state index contributed by atoms with van der Waals surface area (Å²) in [5.74, 6) is 0.0907. The topological polar surface area (TPSA) is 29.1 Å². The van der Waals surface area contributed by atoms with Crippen LogP contribution in [0.4, 0.5) is 0 Å². The first-order valence-electron chi connectivity index (χ1n) is 4.47. The lowest BCUT2D eigenvalue weighted by atomic mass is 10.1. The van der Waals surface area contributed by atoms with Crippen molar-refractivity contribution in [1.29, 1.82) is 0 Å². The molecule has 0 saturated heterocycles. The maximum Gasteiger partial charge on any atom is 0.217 e. The minimum absolute atomic E-state index is 0.0907. The Balaban J connectivity index is 3.49. The van der Waals surface area contributed by atoms with Crippen molar-refractivity contribution in [3.05, 3.63) is 0 Å². The Hall–Kier alpha value is -0.530. The molecule has 0 rings (SSSR count). The summed E-state index contributed by atoms with van der Waals surface area (Å²) in [6.07, 6.45) is 4.57. The summed E-state index contributed by atoms with van der Waals surface area (Å²) in [4.78, 5) is 10.7. The number of carbonyl (C=O) groups excluding carboxylic acids is 1. The predicted octanol–water partition coefficient (Wildman–Crippen LogP) is 2.09. The largest absolute Gasteiger partial charge is 0.354 e. The van der Waals surface area contributed by atoms with Crippen molar-refractivity contribution in [1.82, 2.24) is 5.32 Å². The van der Waals surface area contributed by atoms with Crippen LogP contribution in [0.5, 0.6) is 0 Å². The van der Waals surface area contributed by atoms with Gasteiger partial charge in [0.1, 0.15) is 0 Å². The van der Waals surface area contributed by atoms with Gasteiger partial charge >= 0.3 is 0 Å². The average molecular weight is 157 g/mol. The number of hydrogen-bond donors (Lipinski definition) is 1. The van der Waals surface area contributed by atoms with Gasteiger partial charge in [-0.1, -0.05) is 26.7 Å². The Morgan fingerprint density at radius 3 is 2.45 bits per heavy atom. The van der Waals surface area contributed by atoms with Gasteiger partial charge in [0.15, 0.2) is 0 Å². The average Bonchev–Trinajstić information content (AvgIpc) is 1.97. The van der Waals surface area contributed by atoms with Crippen LogP contribution in [-0.2, 0) is 4.79 Å². The van der Waals surface area contributed by atoms with Gasteiger partial charge in [-0.15, -0.1) is 0 Å². The van der Waals surface area contributed by atoms with Crippen LogP contribution in [0.3, 0.4) is 0 Å². The Bertz CT molecular complexity index is 112. The third-order valence-corrected chi connectivity index (χ3v) is 1.81. The van der Waals surface area contributed by atoms with Crippen LogP contribution >= 0.6 is 0 Å². The van der Waals surface area contributed by atoms with Crippen molar-refractivity contribution in [3.63, 3.8) is 0 Å². The molecule has 0 spiro atoms. The smallest absolute Gasteiger partial charge is 0.217 e. The summed E-state index contributed by atoms with van der Waals surface area (Å²) < 4.78 is 0. The fourth-order valence-electron chi connectivity index (χ4n) is 1.12. The van der Waals surface area contributed by atoms with Gasteiger partial charge in [0.2, 0.25) is 5.91 Å². The number of amides is 1. The zero-order valence-electron chi connectivity index (χ0n) is 7.81. The molecule has 11 heavy (non-hydrogen) atoms. The highest BCUT2D eigenvalue weighted by atomic mass is 16.1. The molecule has 2 nitrogen and oxygen atoms in total. The third kappa shape index (κ3) is 5.89. The third-order valence-electron chi connectivity index (χ3n) is 1.81. The number of nitrogens with one attached hydrogen (secondary N) is 1. The Kier molecular flexibility index (Phi) is 5.90. The second-order valence-electron chi connectivity index (χ2n) is 2.95. The lowest BCUT2D eigenvalue weighted by Gasteiger charge is -2.14. The highest BCUT2D eigenvalue weighted by molar-refractivity contribution is 5.73. The van der Waals surface area contributed by atoms with Crippen LogP contribution < -0.4 is 5.32 Å². The molecule has 0 aliphatic heterocycles. The molecule has 1 N–H and O–H groups in total. The van der Waals surface area contributed by atoms with Crippen LogP contribution in [0.2, 0.25) is 0 Å². The molecule has 1 atom stereocenters. The molecule has 66 valence electrons. The molecule has 1 amide bonds. The van der Waals surface area contributed by atoms with E-state index in [0.717, 1.165) is 12.8 Å². The van der Waals surface area contributed by atoms with E-state index in [9.17, 15) is 4.79 Å². The van der Waals surface area contributed by atoms with E-state index < -0.39 is 0 Å². The van der Waals surface area contributed by atoms with Gasteiger partial charge in [-0.25, -0.2) is 0 Å². The van der Waals surface area contributed by atoms with Crippen LogP contribution in [0.25, 0.3) is 0 Å². The van der Waals surface area contributed by atoms with Crippen molar-refractivity contribution in [2.45, 2.75) is 52.5 Å². The molecule has 0 aliphatic rings. The molecule has 0 aliphatic carbocycles. The van der Waals surface area contributed by atoms with Crippen LogP contribution in [0, 0.1) is 0 Å². The molecule has 0 saturated carbocycles. The number of unbranched alkanes of at least 4 members (excludes halogenated alkanes) is 1. The summed E-state index contributed by atoms with van der Waals surface area (Å²) in [5, 5.41) is 2.93. The van der Waals surface area contributed by atoms with Crippen LogP contribution in [0.15, 0.2) is 0 Å². The minimum atomic E-state index is 0.0907. The first-order valence-corrected chi connectivity index (χ1v) is 4.47. The van der Waals surface area contributed by atoms with Gasteiger partial charge in [-0.2, -0.15) is 0 Å². The maximum absolute atomic E-state index is 10.7. The van der Waals surface area contributed by atoms with E-state index in [0.29, 0.717) is 6.04 Å². The highest BCUT2D eigenvalue weighted by Gasteiger charge is 2.05. The van der Waals surface area contributed by atoms with E-state index >= 15 is 0 Å². The fourth-order valence-corrected chi connectivity index (χ4v) is 1.12. The van der Waals surface area contributed by atoms with E-state index in [1.807, 2.05) is 0 Å². The summed E-state index contributed by atoms with van der Waals surface area (Å²) >= 11 is 0. The van der Waals surface area contributed by atoms with Gasteiger partial charge in [-0.3, -0.25) is 4.79 Å². The van der Waals surface area contributed by atoms with Gasteiger partial charge < -0.3 is 5.32 Å². The van der Waals surface area contributed by atoms with Crippen molar-refractivity contribution in [2.24, 2.45) is 0 Å². The molecule has 0 aromatic carbocycles. The van der Waals surface area contributed by atoms with E-state index in [2.05, 4.69) is 19.2 Å². The first-order chi connectivity index (χ1) is 5.20. The monoisotopic (exact) mass is 157 g/mol. The second-order valence-corrected chi connectivity index (χ2v) is 2.95. The molecule has 0 radical (unpaired) electrons. The van der Waals surface area contributed by atoms with Crippen molar-refractivity contribution < 1.29 is 4.79 Å². The zero-order valence-corrected chi connectivity index (χ0v) is 7.81. The zero-order chi connectivity index (χ0) is 8.69. The van der Waals surface area contributed by atoms with E-state index in [4.69, 9.17) is 0 Å². The first kappa shape index (κ1) is 10.5. The van der Waals surface area contributed by atoms with Gasteiger partial charge in [0.25, 0.3) is 0 Å². The molecule has 0 aromatic rings. The van der Waals surface area contributed by atoms with Crippen molar-refractivity contribution in [3.8, 4) is 0 Å². The van der Waals surface area contributed by atoms with Gasteiger partial charge in [0.05, 0.1) is 0 Å². The Labute approximate surface area is 69.4 Å². The standard InChI is InChI=1S/C9H19NO/c1-4-6-7-9(5-2)10-8(3)11/h9H,4-7H2,1-3H3,(H,10,11). The van der Waals surface area contributed by atoms with Crippen molar-refractivity contribution in [2.75, 3.05) is 0 Å². The lowest BCUT2D eigenvalue weighted by molar-refractivity contribution is -0.119. The summed E-state index contributed by atoms with van der Waals surface area (Å²) in [5.41, 5.74) is 0. The molecule has 0 heterocycles. The lowest BCUT2D eigenvalue weighted by Crippen LogP contribution is -2.32. The summed E-state index contributed by atoms with van der Waals surface area (Å²) in [6, 6.07) is 0.396. The second kappa shape index (κ2) is 6.20. The number of carbonyl (C=O) groups is 1. The van der Waals surface area contributed by atoms with Crippen LogP contribution in [-0.4, -0.2) is 11.9 Å². The fraction of sp³-hybridized carbons (Fsp3) is 0.889. The maximum atomic E-state index is 10.7. The molecule has 1 unspecified atom stereocenters. The van der Waals surface area contributed by atoms with E-state index in [-0.39, 0.29) is 5.91 Å². The van der Waals surface area contributed by atoms with Crippen molar-refractivity contribution >= 4 is 5.91 Å². The molecule has 0 fully saturated rings. The quantitative estimate of drug-likeness (QED) is 0.650. The van der Waals surface area contributed by atoms with Gasteiger partial charge in [0, 0.05) is 13.0 Å². The molecule has 0 bridgehead atoms. The highest BCUT2D eigenvalue weighted by Crippen LogP contribution is 2.03. The number of rotatable bonds is 5. The molecule has 0 aromatic heterocycles. The molecule has 2 heteroatoms. The Morgan fingerprint density at radius 2 is 2.09 bits per heavy atom. The van der Waals surface area contributed by atoms with E-state index in [1.54, 1.807) is 6.92 Å².